The molecule has 0 saturated carbocycles. The molecule has 0 aliphatic heterocycles. The van der Waals surface area contributed by atoms with Crippen LogP contribution in [-0.4, -0.2) is 28.8 Å². The molecule has 1 aromatic heterocycles. The van der Waals surface area contributed by atoms with Gasteiger partial charge in [-0.1, -0.05) is 11.6 Å². The van der Waals surface area contributed by atoms with Crippen LogP contribution in [0.25, 0.3) is 0 Å². The van der Waals surface area contributed by atoms with Crippen molar-refractivity contribution in [1.29, 1.82) is 0 Å². The third-order valence-electron chi connectivity index (χ3n) is 3.18. The number of hydrogen-bond acceptors (Lipinski definition) is 5. The molecule has 0 aliphatic rings. The number of amides is 1. The normalized spacial score (nSPS) is 10.3. The fraction of sp³-hybridized carbons (Fsp3) is 0.133. The van der Waals surface area contributed by atoms with Crippen LogP contribution >= 0.6 is 0 Å². The van der Waals surface area contributed by atoms with Crippen LogP contribution in [0.3, 0.4) is 0 Å². The molecule has 0 unspecified atom stereocenters. The molecule has 5 N–H and O–H groups in total. The number of phenolic OH excluding ortho intramolecular Hbond substituents is 1. The highest BCUT2D eigenvalue weighted by Gasteiger charge is 2.20. The minimum absolute atomic E-state index is 0.0156. The van der Waals surface area contributed by atoms with Gasteiger partial charge < -0.3 is 21.1 Å². The van der Waals surface area contributed by atoms with E-state index in [1.54, 1.807) is 13.0 Å². The summed E-state index contributed by atoms with van der Waals surface area (Å²) in [6, 6.07) is 5.59. The van der Waals surface area contributed by atoms with Gasteiger partial charge in [-0.25, -0.2) is 0 Å². The molecule has 0 radical (unpaired) electrons. The smallest absolute Gasteiger partial charge is 0.260 e. The van der Waals surface area contributed by atoms with E-state index >= 15 is 0 Å². The Balaban J connectivity index is 2.61. The summed E-state index contributed by atoms with van der Waals surface area (Å²) in [5.74, 6) is -1.59. The molecule has 0 atom stereocenters. The average molecular weight is 301 g/mol. The highest BCUT2D eigenvalue weighted by Crippen LogP contribution is 2.21. The first-order valence-electron chi connectivity index (χ1n) is 6.44. The van der Waals surface area contributed by atoms with Gasteiger partial charge in [0.15, 0.2) is 0 Å². The standard InChI is InChI=1S/C15H15N3O4/c1-7-3-4-11(19)8(5-7)12(20)9-6-10(14(21)17-2)13(16)18-15(9)22/h3-6,19H,1-2H3,(H,17,21)(H3,16,18,22). The van der Waals surface area contributed by atoms with Gasteiger partial charge >= 0.3 is 0 Å². The Kier molecular flexibility index (Phi) is 3.98. The van der Waals surface area contributed by atoms with Crippen molar-refractivity contribution in [3.8, 4) is 5.75 Å². The SMILES string of the molecule is CNC(=O)c1cc(C(=O)c2cc(C)ccc2O)c(=O)[nH]c1N. The van der Waals surface area contributed by atoms with Crippen LogP contribution in [0, 0.1) is 6.92 Å². The molecular formula is C15H15N3O4. The van der Waals surface area contributed by atoms with E-state index in [9.17, 15) is 19.5 Å². The molecule has 2 rings (SSSR count). The maximum atomic E-state index is 12.5. The number of anilines is 1. The molecule has 7 heteroatoms. The van der Waals surface area contributed by atoms with Crippen LogP contribution in [0.5, 0.6) is 5.75 Å². The number of nitrogen functional groups attached to an aromatic ring is 1. The van der Waals surface area contributed by atoms with Crippen LogP contribution in [0.1, 0.15) is 31.8 Å². The minimum Gasteiger partial charge on any atom is -0.507 e. The van der Waals surface area contributed by atoms with Crippen molar-refractivity contribution in [1.82, 2.24) is 10.3 Å². The first kappa shape index (κ1) is 15.3. The van der Waals surface area contributed by atoms with Crippen molar-refractivity contribution in [3.63, 3.8) is 0 Å². The molecule has 1 amide bonds. The second-order valence-electron chi connectivity index (χ2n) is 4.77. The third-order valence-corrected chi connectivity index (χ3v) is 3.18. The molecule has 0 aliphatic carbocycles. The fourth-order valence-electron chi connectivity index (χ4n) is 2.01. The molecule has 22 heavy (non-hydrogen) atoms. The molecular weight excluding hydrogens is 286 g/mol. The summed E-state index contributed by atoms with van der Waals surface area (Å²) < 4.78 is 0. The summed E-state index contributed by atoms with van der Waals surface area (Å²) >= 11 is 0. The van der Waals surface area contributed by atoms with Crippen molar-refractivity contribution in [2.45, 2.75) is 6.92 Å². The lowest BCUT2D eigenvalue weighted by Crippen LogP contribution is -2.26. The predicted octanol–water partition coefficient (Wildman–Crippen LogP) is 0.562. The number of phenols is 1. The number of ketones is 1. The Morgan fingerprint density at radius 2 is 1.86 bits per heavy atom. The maximum absolute atomic E-state index is 12.5. The third kappa shape index (κ3) is 2.69. The van der Waals surface area contributed by atoms with E-state index in [0.29, 0.717) is 0 Å². The summed E-state index contributed by atoms with van der Waals surface area (Å²) in [7, 11) is 1.40. The van der Waals surface area contributed by atoms with E-state index < -0.39 is 17.2 Å². The molecule has 0 fully saturated rings. The zero-order valence-corrected chi connectivity index (χ0v) is 12.1. The lowest BCUT2D eigenvalue weighted by atomic mass is 10.00. The molecule has 1 heterocycles. The summed E-state index contributed by atoms with van der Waals surface area (Å²) in [4.78, 5) is 38.4. The van der Waals surface area contributed by atoms with Gasteiger partial charge in [0.25, 0.3) is 11.5 Å². The highest BCUT2D eigenvalue weighted by molar-refractivity contribution is 6.12. The maximum Gasteiger partial charge on any atom is 0.260 e. The van der Waals surface area contributed by atoms with Gasteiger partial charge in [-0.15, -0.1) is 0 Å². The molecule has 0 bridgehead atoms. The number of pyridine rings is 1. The minimum atomic E-state index is -0.726. The number of aryl methyl sites for hydroxylation is 1. The number of benzene rings is 1. The molecule has 0 spiro atoms. The van der Waals surface area contributed by atoms with Crippen molar-refractivity contribution in [3.05, 3.63) is 56.9 Å². The number of H-pyrrole nitrogens is 1. The number of carbonyl (C=O) groups excluding carboxylic acids is 2. The predicted molar refractivity (Wildman–Crippen MR) is 81.1 cm³/mol. The van der Waals surface area contributed by atoms with Crippen LogP contribution in [0.4, 0.5) is 5.82 Å². The van der Waals surface area contributed by atoms with E-state index in [1.165, 1.54) is 19.2 Å². The molecule has 114 valence electrons. The van der Waals surface area contributed by atoms with Crippen molar-refractivity contribution >= 4 is 17.5 Å². The fourth-order valence-corrected chi connectivity index (χ4v) is 2.01. The largest absolute Gasteiger partial charge is 0.507 e. The van der Waals surface area contributed by atoms with E-state index in [1.807, 2.05) is 0 Å². The number of rotatable bonds is 3. The van der Waals surface area contributed by atoms with Gasteiger partial charge in [0.2, 0.25) is 5.78 Å². The topological polar surface area (TPSA) is 125 Å². The molecule has 7 nitrogen and oxygen atoms in total. The lowest BCUT2D eigenvalue weighted by molar-refractivity contribution is 0.0963. The van der Waals surface area contributed by atoms with Crippen molar-refractivity contribution < 1.29 is 14.7 Å². The Morgan fingerprint density at radius 1 is 1.18 bits per heavy atom. The monoisotopic (exact) mass is 301 g/mol. The molecule has 0 saturated heterocycles. The summed E-state index contributed by atoms with van der Waals surface area (Å²) in [5.41, 5.74) is 5.30. The van der Waals surface area contributed by atoms with Crippen LogP contribution in [-0.2, 0) is 0 Å². The number of carbonyl (C=O) groups is 2. The van der Waals surface area contributed by atoms with Crippen LogP contribution in [0.2, 0.25) is 0 Å². The second kappa shape index (κ2) is 5.72. The number of nitrogens with one attached hydrogen (secondary N) is 2. The highest BCUT2D eigenvalue weighted by atomic mass is 16.3. The van der Waals surface area contributed by atoms with Crippen molar-refractivity contribution in [2.75, 3.05) is 12.8 Å². The first-order chi connectivity index (χ1) is 10.3. The Hall–Kier alpha value is -3.09. The van der Waals surface area contributed by atoms with Crippen LogP contribution in [0.15, 0.2) is 29.1 Å². The summed E-state index contributed by atoms with van der Waals surface area (Å²) in [6.45, 7) is 1.75. The molecule has 2 aromatic rings. The number of aromatic nitrogens is 1. The van der Waals surface area contributed by atoms with Gasteiger partial charge in [-0.05, 0) is 25.1 Å². The zero-order valence-electron chi connectivity index (χ0n) is 12.1. The number of nitrogens with two attached hydrogens (primary N) is 1. The van der Waals surface area contributed by atoms with Gasteiger partial charge in [-0.2, -0.15) is 0 Å². The Bertz CT molecular complexity index is 824. The van der Waals surface area contributed by atoms with Crippen molar-refractivity contribution in [2.24, 2.45) is 0 Å². The van der Waals surface area contributed by atoms with Gasteiger partial charge in [-0.3, -0.25) is 14.4 Å². The number of hydrogen-bond donors (Lipinski definition) is 4. The first-order valence-corrected chi connectivity index (χ1v) is 6.44. The quantitative estimate of drug-likeness (QED) is 0.616. The van der Waals surface area contributed by atoms with E-state index in [4.69, 9.17) is 5.73 Å². The van der Waals surface area contributed by atoms with E-state index in [0.717, 1.165) is 11.6 Å². The molecule has 1 aromatic carbocycles. The lowest BCUT2D eigenvalue weighted by Gasteiger charge is -2.08. The van der Waals surface area contributed by atoms with Gasteiger partial charge in [0.1, 0.15) is 11.6 Å². The van der Waals surface area contributed by atoms with Gasteiger partial charge in [0.05, 0.1) is 16.7 Å². The second-order valence-corrected chi connectivity index (χ2v) is 4.77. The number of aromatic amines is 1. The Labute approximate surface area is 125 Å². The van der Waals surface area contributed by atoms with E-state index in [-0.39, 0.29) is 28.3 Å². The summed E-state index contributed by atoms with van der Waals surface area (Å²) in [5, 5.41) is 12.2. The zero-order chi connectivity index (χ0) is 16.4. The van der Waals surface area contributed by atoms with Gasteiger partial charge in [0, 0.05) is 7.05 Å². The number of aromatic hydroxyl groups is 1. The van der Waals surface area contributed by atoms with Crippen LogP contribution < -0.4 is 16.6 Å². The summed E-state index contributed by atoms with van der Waals surface area (Å²) in [6.07, 6.45) is 0. The van der Waals surface area contributed by atoms with E-state index in [2.05, 4.69) is 10.3 Å². The Morgan fingerprint density at radius 3 is 2.50 bits per heavy atom. The average Bonchev–Trinajstić information content (AvgIpc) is 2.48.